The number of H-pyrrole nitrogens is 1. The Bertz CT molecular complexity index is 912. The lowest BCUT2D eigenvalue weighted by molar-refractivity contribution is 0.131. The lowest BCUT2D eigenvalue weighted by Crippen LogP contribution is -2.58. The van der Waals surface area contributed by atoms with Gasteiger partial charge >= 0.3 is 0 Å². The van der Waals surface area contributed by atoms with Crippen molar-refractivity contribution in [1.82, 2.24) is 19.6 Å². The zero-order valence-corrected chi connectivity index (χ0v) is 13.9. The number of likely N-dealkylation sites (tertiary alicyclic amines) is 1. The highest BCUT2D eigenvalue weighted by atomic mass is 32.2. The molecule has 2 N–H and O–H groups in total. The highest BCUT2D eigenvalue weighted by Crippen LogP contribution is 2.19. The molecule has 0 aliphatic carbocycles. The van der Waals surface area contributed by atoms with Gasteiger partial charge in [0.15, 0.2) is 0 Å². The number of aromatic amines is 1. The highest BCUT2D eigenvalue weighted by Gasteiger charge is 2.31. The molecule has 0 amide bonds. The second-order valence-corrected chi connectivity index (χ2v) is 8.55. The molecule has 0 bridgehead atoms. The fraction of sp³-hybridized carbons (Fsp3) is 0.267. The van der Waals surface area contributed by atoms with E-state index in [1.54, 1.807) is 17.5 Å². The first kappa shape index (κ1) is 14.8. The van der Waals surface area contributed by atoms with Crippen LogP contribution in [0.25, 0.3) is 11.0 Å². The van der Waals surface area contributed by atoms with Crippen LogP contribution in [0, 0.1) is 0 Å². The molecule has 120 valence electrons. The SMILES string of the molecule is O=S(=O)(NC1CN(Cc2ccc3cc[nH]c3n2)C1)c1cccs1. The Labute approximate surface area is 138 Å². The van der Waals surface area contributed by atoms with Crippen LogP contribution in [0.5, 0.6) is 0 Å². The van der Waals surface area contributed by atoms with Crippen LogP contribution in [0.4, 0.5) is 0 Å². The summed E-state index contributed by atoms with van der Waals surface area (Å²) in [6.45, 7) is 2.14. The first-order valence-corrected chi connectivity index (χ1v) is 9.68. The maximum Gasteiger partial charge on any atom is 0.250 e. The van der Waals surface area contributed by atoms with Crippen molar-refractivity contribution < 1.29 is 8.42 Å². The maximum absolute atomic E-state index is 12.1. The van der Waals surface area contributed by atoms with E-state index in [1.165, 1.54) is 11.3 Å². The molecule has 4 heterocycles. The van der Waals surface area contributed by atoms with Gasteiger partial charge < -0.3 is 4.98 Å². The van der Waals surface area contributed by atoms with Gasteiger partial charge in [-0.05, 0) is 29.6 Å². The molecule has 0 radical (unpaired) electrons. The van der Waals surface area contributed by atoms with Crippen molar-refractivity contribution in [2.24, 2.45) is 0 Å². The number of hydrogen-bond acceptors (Lipinski definition) is 5. The van der Waals surface area contributed by atoms with Crippen molar-refractivity contribution in [3.05, 3.63) is 47.6 Å². The zero-order chi connectivity index (χ0) is 15.9. The van der Waals surface area contributed by atoms with Crippen molar-refractivity contribution >= 4 is 32.4 Å². The van der Waals surface area contributed by atoms with E-state index in [4.69, 9.17) is 0 Å². The summed E-state index contributed by atoms with van der Waals surface area (Å²) >= 11 is 1.23. The summed E-state index contributed by atoms with van der Waals surface area (Å²) in [5.41, 5.74) is 1.87. The van der Waals surface area contributed by atoms with E-state index in [2.05, 4.69) is 19.6 Å². The smallest absolute Gasteiger partial charge is 0.250 e. The van der Waals surface area contributed by atoms with Crippen molar-refractivity contribution in [3.63, 3.8) is 0 Å². The molecule has 1 fully saturated rings. The summed E-state index contributed by atoms with van der Waals surface area (Å²) in [4.78, 5) is 9.85. The van der Waals surface area contributed by atoms with Gasteiger partial charge in [0, 0.05) is 37.3 Å². The second kappa shape index (κ2) is 5.72. The number of aromatic nitrogens is 2. The summed E-state index contributed by atoms with van der Waals surface area (Å²) in [6, 6.07) is 9.39. The van der Waals surface area contributed by atoms with Gasteiger partial charge in [-0.1, -0.05) is 6.07 Å². The fourth-order valence-electron chi connectivity index (χ4n) is 2.76. The standard InChI is InChI=1S/C15H16N4O2S2/c20-23(21,14-2-1-7-22-14)18-13-9-19(10-13)8-12-4-3-11-5-6-16-15(11)17-12/h1-7,13,18H,8-10H2,(H,16,17). The van der Waals surface area contributed by atoms with Gasteiger partial charge in [0.1, 0.15) is 9.86 Å². The largest absolute Gasteiger partial charge is 0.346 e. The molecule has 0 unspecified atom stereocenters. The minimum absolute atomic E-state index is 0.0312. The number of sulfonamides is 1. The highest BCUT2D eigenvalue weighted by molar-refractivity contribution is 7.91. The Balaban J connectivity index is 1.34. The molecular weight excluding hydrogens is 332 g/mol. The molecule has 23 heavy (non-hydrogen) atoms. The monoisotopic (exact) mass is 348 g/mol. The third kappa shape index (κ3) is 3.02. The van der Waals surface area contributed by atoms with Crippen molar-refractivity contribution in [2.45, 2.75) is 16.8 Å². The van der Waals surface area contributed by atoms with E-state index in [0.717, 1.165) is 23.3 Å². The molecule has 3 aromatic heterocycles. The molecule has 3 aromatic rings. The first-order chi connectivity index (χ1) is 11.1. The molecular formula is C15H16N4O2S2. The van der Waals surface area contributed by atoms with E-state index in [9.17, 15) is 8.42 Å². The minimum atomic E-state index is -3.37. The van der Waals surface area contributed by atoms with Crippen LogP contribution in [0.3, 0.4) is 0 Å². The van der Waals surface area contributed by atoms with Crippen molar-refractivity contribution in [3.8, 4) is 0 Å². The number of thiophene rings is 1. The van der Waals surface area contributed by atoms with Gasteiger partial charge in [-0.3, -0.25) is 4.90 Å². The van der Waals surface area contributed by atoms with Crippen molar-refractivity contribution in [2.75, 3.05) is 13.1 Å². The van der Waals surface area contributed by atoms with E-state index in [1.807, 2.05) is 24.4 Å². The van der Waals surface area contributed by atoms with Gasteiger partial charge in [-0.25, -0.2) is 18.1 Å². The van der Waals surface area contributed by atoms with Crippen LogP contribution in [0.2, 0.25) is 0 Å². The van der Waals surface area contributed by atoms with Gasteiger partial charge in [-0.2, -0.15) is 0 Å². The summed E-state index contributed by atoms with van der Waals surface area (Å²) in [6.07, 6.45) is 1.88. The lowest BCUT2D eigenvalue weighted by atomic mass is 10.1. The summed E-state index contributed by atoms with van der Waals surface area (Å²) in [5.74, 6) is 0. The zero-order valence-electron chi connectivity index (χ0n) is 12.3. The third-order valence-corrected chi connectivity index (χ3v) is 6.81. The topological polar surface area (TPSA) is 78.1 Å². The minimum Gasteiger partial charge on any atom is -0.346 e. The number of rotatable bonds is 5. The molecule has 4 rings (SSSR count). The van der Waals surface area contributed by atoms with Crippen LogP contribution < -0.4 is 4.72 Å². The molecule has 1 aliphatic rings. The maximum atomic E-state index is 12.1. The van der Waals surface area contributed by atoms with Gasteiger partial charge in [0.05, 0.1) is 5.69 Å². The number of pyridine rings is 1. The average Bonchev–Trinajstić information content (AvgIpc) is 3.16. The van der Waals surface area contributed by atoms with Crippen LogP contribution in [-0.4, -0.2) is 42.4 Å². The van der Waals surface area contributed by atoms with E-state index >= 15 is 0 Å². The Kier molecular flexibility index (Phi) is 3.68. The Hall–Kier alpha value is -1.74. The van der Waals surface area contributed by atoms with Crippen molar-refractivity contribution in [1.29, 1.82) is 0 Å². The fourth-order valence-corrected chi connectivity index (χ4v) is 4.98. The summed E-state index contributed by atoms with van der Waals surface area (Å²) in [5, 5.41) is 2.86. The van der Waals surface area contributed by atoms with Crippen LogP contribution in [-0.2, 0) is 16.6 Å². The van der Waals surface area contributed by atoms with Crippen LogP contribution in [0.15, 0.2) is 46.1 Å². The second-order valence-electron chi connectivity index (χ2n) is 5.66. The molecule has 0 saturated carbocycles. The molecule has 6 nitrogen and oxygen atoms in total. The Morgan fingerprint density at radius 2 is 2.17 bits per heavy atom. The van der Waals surface area contributed by atoms with Gasteiger partial charge in [-0.15, -0.1) is 11.3 Å². The number of hydrogen-bond donors (Lipinski definition) is 2. The summed E-state index contributed by atoms with van der Waals surface area (Å²) in [7, 11) is -3.37. The predicted octanol–water partition coefficient (Wildman–Crippen LogP) is 1.79. The summed E-state index contributed by atoms with van der Waals surface area (Å²) < 4.78 is 27.4. The predicted molar refractivity (Wildman–Crippen MR) is 89.8 cm³/mol. The number of nitrogens with one attached hydrogen (secondary N) is 2. The van der Waals surface area contributed by atoms with E-state index in [-0.39, 0.29) is 6.04 Å². The van der Waals surface area contributed by atoms with E-state index in [0.29, 0.717) is 17.3 Å². The van der Waals surface area contributed by atoms with Gasteiger partial charge in [0.2, 0.25) is 10.0 Å². The Morgan fingerprint density at radius 3 is 2.96 bits per heavy atom. The molecule has 0 spiro atoms. The molecule has 8 heteroatoms. The van der Waals surface area contributed by atoms with Gasteiger partial charge in [0.25, 0.3) is 0 Å². The van der Waals surface area contributed by atoms with E-state index < -0.39 is 10.0 Å². The van der Waals surface area contributed by atoms with Crippen LogP contribution >= 0.6 is 11.3 Å². The average molecular weight is 348 g/mol. The molecule has 0 aromatic carbocycles. The Morgan fingerprint density at radius 1 is 1.30 bits per heavy atom. The van der Waals surface area contributed by atoms with Crippen LogP contribution in [0.1, 0.15) is 5.69 Å². The molecule has 1 aliphatic heterocycles. The third-order valence-electron chi connectivity index (χ3n) is 3.89. The normalized spacial score (nSPS) is 16.7. The molecule has 1 saturated heterocycles. The first-order valence-electron chi connectivity index (χ1n) is 7.31. The number of nitrogens with zero attached hydrogens (tertiary/aromatic N) is 2. The molecule has 0 atom stereocenters. The lowest BCUT2D eigenvalue weighted by Gasteiger charge is -2.38. The number of fused-ring (bicyclic) bond motifs is 1. The quantitative estimate of drug-likeness (QED) is 0.737.